The van der Waals surface area contributed by atoms with Gasteiger partial charge in [-0.3, -0.25) is 0 Å². The van der Waals surface area contributed by atoms with Crippen LogP contribution >= 0.6 is 0 Å². The fourth-order valence-electron chi connectivity index (χ4n) is 1.57. The van der Waals surface area contributed by atoms with E-state index in [4.69, 9.17) is 5.11 Å². The van der Waals surface area contributed by atoms with E-state index in [1.807, 2.05) is 0 Å². The van der Waals surface area contributed by atoms with Crippen molar-refractivity contribution in [2.45, 2.75) is 0 Å². The van der Waals surface area contributed by atoms with E-state index in [2.05, 4.69) is 0 Å². The molecule has 0 aliphatic rings. The van der Waals surface area contributed by atoms with Crippen molar-refractivity contribution in [3.63, 3.8) is 0 Å². The number of carbonyl (C=O) groups excluding carboxylic acids is 1. The number of aromatic carboxylic acids is 2. The largest absolute Gasteiger partial charge is 1.00 e. The molecule has 0 saturated heterocycles. The topological polar surface area (TPSA) is 100 Å². The Balaban J connectivity index is 0. The zero-order valence-electron chi connectivity index (χ0n) is 11.5. The first kappa shape index (κ1) is 24.6. The summed E-state index contributed by atoms with van der Waals surface area (Å²) in [6, 6.07) is 6.34. The van der Waals surface area contributed by atoms with Gasteiger partial charge in [0.15, 0.2) is 0 Å². The molecule has 2 aromatic carbocycles. The van der Waals surface area contributed by atoms with E-state index < -0.39 is 17.7 Å². The molecule has 0 aliphatic carbocycles. The molecule has 0 aliphatic heterocycles. The average Bonchev–Trinajstić information content (AvgIpc) is 2.27. The summed E-state index contributed by atoms with van der Waals surface area (Å²) in [7, 11) is 0. The number of rotatable bonds is 2. The molecule has 0 spiro atoms. The fraction of sp³-hybridized carbons (Fsp3) is 0. The third-order valence-corrected chi connectivity index (χ3v) is 2.40. The Morgan fingerprint density at radius 1 is 0.950 bits per heavy atom. The molecular formula is C12H6K3O5+. The molecule has 8 heteroatoms. The van der Waals surface area contributed by atoms with Crippen molar-refractivity contribution < 1.29 is 179 Å². The summed E-state index contributed by atoms with van der Waals surface area (Å²) in [6.45, 7) is 0. The molecule has 0 fully saturated rings. The number of hydrogen-bond acceptors (Lipinski definition) is 4. The summed E-state index contributed by atoms with van der Waals surface area (Å²) in [5, 5.41) is 31.7. The summed E-state index contributed by atoms with van der Waals surface area (Å²) in [5.74, 6) is -3.29. The molecule has 86 valence electrons. The molecule has 0 unspecified atom stereocenters. The van der Waals surface area contributed by atoms with Gasteiger partial charge in [0.25, 0.3) is 0 Å². The van der Waals surface area contributed by atoms with Crippen LogP contribution < -0.4 is 164 Å². The minimum atomic E-state index is -1.35. The smallest absolute Gasteiger partial charge is 0.872 e. The Labute approximate surface area is 242 Å². The Bertz CT molecular complexity index is 642. The van der Waals surface area contributed by atoms with E-state index >= 15 is 0 Å². The molecule has 1 N–H and O–H groups in total. The summed E-state index contributed by atoms with van der Waals surface area (Å²) >= 11 is 0. The Hall–Kier alpha value is 2.35. The zero-order valence-corrected chi connectivity index (χ0v) is 20.8. The summed E-state index contributed by atoms with van der Waals surface area (Å²) in [6.07, 6.45) is 0. The van der Waals surface area contributed by atoms with Crippen molar-refractivity contribution in [2.24, 2.45) is 0 Å². The van der Waals surface area contributed by atoms with Gasteiger partial charge in [-0.1, -0.05) is 23.9 Å². The van der Waals surface area contributed by atoms with Gasteiger partial charge in [-0.2, -0.15) is 0 Å². The third-order valence-electron chi connectivity index (χ3n) is 2.40. The molecular weight excluding hydrogens is 341 g/mol. The predicted molar refractivity (Wildman–Crippen MR) is 54.7 cm³/mol. The first-order valence-electron chi connectivity index (χ1n) is 4.68. The van der Waals surface area contributed by atoms with Gasteiger partial charge in [0.05, 0.1) is 11.5 Å². The van der Waals surface area contributed by atoms with Crippen LogP contribution in [0, 0.1) is 0 Å². The van der Waals surface area contributed by atoms with Crippen molar-refractivity contribution in [3.8, 4) is 5.75 Å². The van der Waals surface area contributed by atoms with Crippen LogP contribution in [0.3, 0.4) is 0 Å². The van der Waals surface area contributed by atoms with E-state index in [1.54, 1.807) is 0 Å². The second-order valence-corrected chi connectivity index (χ2v) is 3.50. The van der Waals surface area contributed by atoms with Gasteiger partial charge in [-0.25, -0.2) is 4.79 Å². The Morgan fingerprint density at radius 2 is 1.55 bits per heavy atom. The standard InChI is InChI=1S/C12H8O5.3K/c13-10-5-6-1-2-7(11(14)15)3-8(6)4-9(10)12(16)17;;;/h1-5,13H,(H,14,15)(H,16,17);;;/q;3*+1/p-2. The monoisotopic (exact) mass is 347 g/mol. The van der Waals surface area contributed by atoms with Gasteiger partial charge in [0, 0.05) is 0 Å². The molecule has 5 nitrogen and oxygen atoms in total. The summed E-state index contributed by atoms with van der Waals surface area (Å²) in [5.41, 5.74) is -0.444. The van der Waals surface area contributed by atoms with Gasteiger partial charge in [0.2, 0.25) is 0 Å². The fourth-order valence-corrected chi connectivity index (χ4v) is 1.57. The molecule has 0 amide bonds. The van der Waals surface area contributed by atoms with E-state index in [1.165, 1.54) is 18.2 Å². The van der Waals surface area contributed by atoms with Crippen LogP contribution in [-0.4, -0.2) is 17.0 Å². The van der Waals surface area contributed by atoms with Crippen molar-refractivity contribution in [2.75, 3.05) is 0 Å². The number of carbonyl (C=O) groups is 2. The van der Waals surface area contributed by atoms with Crippen LogP contribution in [0.15, 0.2) is 30.3 Å². The van der Waals surface area contributed by atoms with Gasteiger partial charge in [-0.15, -0.1) is 0 Å². The van der Waals surface area contributed by atoms with Gasteiger partial charge >= 0.3 is 160 Å². The number of carboxylic acids is 2. The minimum Gasteiger partial charge on any atom is -0.872 e. The molecule has 0 saturated carbocycles. The van der Waals surface area contributed by atoms with E-state index in [-0.39, 0.29) is 165 Å². The van der Waals surface area contributed by atoms with Crippen molar-refractivity contribution in [3.05, 3.63) is 41.5 Å². The maximum atomic E-state index is 11.4. The van der Waals surface area contributed by atoms with Gasteiger partial charge in [0.1, 0.15) is 0 Å². The van der Waals surface area contributed by atoms with E-state index in [0.29, 0.717) is 10.8 Å². The number of fused-ring (bicyclic) bond motifs is 1. The van der Waals surface area contributed by atoms with Crippen molar-refractivity contribution in [1.29, 1.82) is 0 Å². The molecule has 0 heterocycles. The normalized spacial score (nSPS) is 8.80. The van der Waals surface area contributed by atoms with Crippen LogP contribution in [0.4, 0.5) is 0 Å². The van der Waals surface area contributed by atoms with Crippen LogP contribution in [0.1, 0.15) is 20.7 Å². The predicted octanol–water partition coefficient (Wildman–Crippen LogP) is -9.01. The zero-order chi connectivity index (χ0) is 12.6. The maximum absolute atomic E-state index is 11.4. The second kappa shape index (κ2) is 11.0. The Kier molecular flexibility index (Phi) is 13.5. The first-order valence-corrected chi connectivity index (χ1v) is 4.68. The van der Waals surface area contributed by atoms with Crippen LogP contribution in [-0.2, 0) is 0 Å². The third kappa shape index (κ3) is 6.10. The molecule has 0 radical (unpaired) electrons. The molecule has 0 bridgehead atoms. The second-order valence-electron chi connectivity index (χ2n) is 3.50. The van der Waals surface area contributed by atoms with Crippen LogP contribution in [0.25, 0.3) is 10.8 Å². The quantitative estimate of drug-likeness (QED) is 0.544. The molecule has 20 heavy (non-hydrogen) atoms. The van der Waals surface area contributed by atoms with Gasteiger partial charge in [-0.05, 0) is 28.5 Å². The molecule has 2 rings (SSSR count). The number of hydrogen-bond donors (Lipinski definition) is 1. The molecule has 2 aromatic rings. The first-order chi connectivity index (χ1) is 7.99. The summed E-state index contributed by atoms with van der Waals surface area (Å²) < 4.78 is 0. The van der Waals surface area contributed by atoms with Crippen LogP contribution in [0.5, 0.6) is 5.75 Å². The van der Waals surface area contributed by atoms with E-state index in [9.17, 15) is 19.8 Å². The Morgan fingerprint density at radius 3 is 2.05 bits per heavy atom. The van der Waals surface area contributed by atoms with Crippen LogP contribution in [0.2, 0.25) is 0 Å². The van der Waals surface area contributed by atoms with Gasteiger partial charge < -0.3 is 20.1 Å². The minimum absolute atomic E-state index is 0. The average molecular weight is 347 g/mol. The van der Waals surface area contributed by atoms with Crippen molar-refractivity contribution in [1.82, 2.24) is 0 Å². The van der Waals surface area contributed by atoms with Crippen molar-refractivity contribution >= 4 is 22.7 Å². The maximum Gasteiger partial charge on any atom is 1.00 e. The number of benzene rings is 2. The number of carboxylic acid groups (broad SMARTS) is 2. The van der Waals surface area contributed by atoms with E-state index in [0.717, 1.165) is 12.1 Å². The molecule has 0 atom stereocenters. The summed E-state index contributed by atoms with van der Waals surface area (Å²) in [4.78, 5) is 21.4. The molecule has 0 aromatic heterocycles. The SMILES string of the molecule is O=C([O-])c1ccc2cc([O-])c(C(=O)O)cc2c1.[K+].[K+].[K+].